The molecule has 0 saturated carbocycles. The van der Waals surface area contributed by atoms with Crippen molar-refractivity contribution in [3.8, 4) is 5.75 Å². The summed E-state index contributed by atoms with van der Waals surface area (Å²) in [4.78, 5) is 11.8. The molecule has 0 bridgehead atoms. The maximum Gasteiger partial charge on any atom is 0.314 e. The van der Waals surface area contributed by atoms with E-state index in [1.807, 2.05) is 24.3 Å². The van der Waals surface area contributed by atoms with Gasteiger partial charge in [0.05, 0.1) is 12.9 Å². The first-order valence-corrected chi connectivity index (χ1v) is 9.84. The first-order chi connectivity index (χ1) is 12.5. The van der Waals surface area contributed by atoms with Gasteiger partial charge in [-0.3, -0.25) is 4.72 Å². The molecule has 0 aromatic heterocycles. The monoisotopic (exact) mass is 377 g/mol. The minimum Gasteiger partial charge on any atom is -0.496 e. The van der Waals surface area contributed by atoms with Gasteiger partial charge in [0.1, 0.15) is 5.75 Å². The van der Waals surface area contributed by atoms with Crippen LogP contribution in [0.3, 0.4) is 0 Å². The Morgan fingerprint density at radius 3 is 2.35 bits per heavy atom. The van der Waals surface area contributed by atoms with E-state index >= 15 is 0 Å². The molecule has 140 valence electrons. The highest BCUT2D eigenvalue weighted by Crippen LogP contribution is 2.17. The Hall–Kier alpha value is -2.74. The summed E-state index contributed by atoms with van der Waals surface area (Å²) in [6.45, 7) is 0.434. The molecule has 0 aliphatic carbocycles. The van der Waals surface area contributed by atoms with E-state index in [0.717, 1.165) is 11.3 Å². The molecule has 0 aliphatic rings. The average Bonchev–Trinajstić information content (AvgIpc) is 2.62. The first-order valence-electron chi connectivity index (χ1n) is 8.19. The van der Waals surface area contributed by atoms with E-state index in [0.29, 0.717) is 18.7 Å². The number of rotatable bonds is 9. The Balaban J connectivity index is 1.68. The number of hydrogen-bond donors (Lipinski definition) is 3. The van der Waals surface area contributed by atoms with E-state index < -0.39 is 16.1 Å². The molecule has 2 rings (SSSR count). The van der Waals surface area contributed by atoms with Gasteiger partial charge in [-0.05, 0) is 30.2 Å². The molecule has 0 radical (unpaired) electrons. The van der Waals surface area contributed by atoms with Crippen molar-refractivity contribution in [1.82, 2.24) is 10.6 Å². The van der Waals surface area contributed by atoms with E-state index in [9.17, 15) is 13.2 Å². The van der Waals surface area contributed by atoms with Crippen LogP contribution in [0.15, 0.2) is 54.6 Å². The highest BCUT2D eigenvalue weighted by molar-refractivity contribution is 7.92. The SMILES string of the molecule is COc1ccccc1CCNC(=O)NCCS(=O)(=O)Nc1ccccc1. The van der Waals surface area contributed by atoms with Gasteiger partial charge in [-0.1, -0.05) is 36.4 Å². The summed E-state index contributed by atoms with van der Waals surface area (Å²) in [7, 11) is -1.91. The van der Waals surface area contributed by atoms with Crippen molar-refractivity contribution in [2.75, 3.05) is 30.7 Å². The molecule has 0 fully saturated rings. The molecule has 0 aliphatic heterocycles. The van der Waals surface area contributed by atoms with Crippen LogP contribution < -0.4 is 20.1 Å². The Kier molecular flexibility index (Phi) is 7.28. The molecule has 0 unspecified atom stereocenters. The molecular weight excluding hydrogens is 354 g/mol. The predicted molar refractivity (Wildman–Crippen MR) is 102 cm³/mol. The van der Waals surface area contributed by atoms with Gasteiger partial charge in [0.2, 0.25) is 10.0 Å². The normalized spacial score (nSPS) is 10.8. The number of anilines is 1. The fourth-order valence-electron chi connectivity index (χ4n) is 2.32. The predicted octanol–water partition coefficient (Wildman–Crippen LogP) is 1.98. The van der Waals surface area contributed by atoms with Crippen LogP contribution in [0.25, 0.3) is 0 Å². The fourth-order valence-corrected chi connectivity index (χ4v) is 3.29. The number of ether oxygens (including phenoxy) is 1. The molecule has 26 heavy (non-hydrogen) atoms. The van der Waals surface area contributed by atoms with Crippen molar-refractivity contribution in [3.05, 3.63) is 60.2 Å². The molecule has 2 aromatic rings. The second-order valence-electron chi connectivity index (χ2n) is 5.53. The zero-order chi connectivity index (χ0) is 18.8. The summed E-state index contributed by atoms with van der Waals surface area (Å²) >= 11 is 0. The van der Waals surface area contributed by atoms with Crippen LogP contribution >= 0.6 is 0 Å². The van der Waals surface area contributed by atoms with E-state index in [1.165, 1.54) is 0 Å². The molecular formula is C18H23N3O4S. The lowest BCUT2D eigenvalue weighted by molar-refractivity contribution is 0.241. The summed E-state index contributed by atoms with van der Waals surface area (Å²) in [6, 6.07) is 15.8. The summed E-state index contributed by atoms with van der Waals surface area (Å²) in [5, 5.41) is 5.24. The number of urea groups is 1. The van der Waals surface area contributed by atoms with E-state index in [1.54, 1.807) is 37.4 Å². The second-order valence-corrected chi connectivity index (χ2v) is 7.37. The van der Waals surface area contributed by atoms with Gasteiger partial charge >= 0.3 is 6.03 Å². The van der Waals surface area contributed by atoms with Gasteiger partial charge in [0, 0.05) is 18.8 Å². The van der Waals surface area contributed by atoms with Crippen LogP contribution in [-0.2, 0) is 16.4 Å². The van der Waals surface area contributed by atoms with Crippen molar-refractivity contribution < 1.29 is 17.9 Å². The van der Waals surface area contributed by atoms with Gasteiger partial charge in [-0.2, -0.15) is 0 Å². The van der Waals surface area contributed by atoms with Crippen LogP contribution in [-0.4, -0.2) is 40.4 Å². The minimum atomic E-state index is -3.51. The molecule has 7 nitrogen and oxygen atoms in total. The molecule has 0 atom stereocenters. The van der Waals surface area contributed by atoms with Gasteiger partial charge in [0.25, 0.3) is 0 Å². The summed E-state index contributed by atoms with van der Waals surface area (Å²) in [5.41, 5.74) is 1.48. The van der Waals surface area contributed by atoms with Crippen LogP contribution in [0.4, 0.5) is 10.5 Å². The number of methoxy groups -OCH3 is 1. The van der Waals surface area contributed by atoms with Crippen LogP contribution in [0, 0.1) is 0 Å². The second kappa shape index (κ2) is 9.67. The van der Waals surface area contributed by atoms with Crippen molar-refractivity contribution in [2.24, 2.45) is 0 Å². The number of hydrogen-bond acceptors (Lipinski definition) is 4. The average molecular weight is 377 g/mol. The topological polar surface area (TPSA) is 96.5 Å². The lowest BCUT2D eigenvalue weighted by Crippen LogP contribution is -2.39. The number of para-hydroxylation sites is 2. The molecule has 3 N–H and O–H groups in total. The highest BCUT2D eigenvalue weighted by atomic mass is 32.2. The number of carbonyl (C=O) groups excluding carboxylic acids is 1. The Morgan fingerprint density at radius 1 is 0.962 bits per heavy atom. The largest absolute Gasteiger partial charge is 0.496 e. The number of nitrogens with one attached hydrogen (secondary N) is 3. The number of benzene rings is 2. The zero-order valence-corrected chi connectivity index (χ0v) is 15.4. The summed E-state index contributed by atoms with van der Waals surface area (Å²) in [5.74, 6) is 0.565. The quantitative estimate of drug-likeness (QED) is 0.622. The number of sulfonamides is 1. The number of amides is 2. The lowest BCUT2D eigenvalue weighted by atomic mass is 10.1. The zero-order valence-electron chi connectivity index (χ0n) is 14.6. The molecule has 8 heteroatoms. The third kappa shape index (κ3) is 6.64. The molecule has 0 saturated heterocycles. The standard InChI is InChI=1S/C18H23N3O4S/c1-25-17-10-6-5-7-15(17)11-12-19-18(22)20-13-14-26(23,24)21-16-8-3-2-4-9-16/h2-10,21H,11-14H2,1H3,(H2,19,20,22). The maximum absolute atomic E-state index is 12.0. The van der Waals surface area contributed by atoms with Gasteiger partial charge in [0.15, 0.2) is 0 Å². The third-order valence-corrected chi connectivity index (χ3v) is 4.86. The highest BCUT2D eigenvalue weighted by Gasteiger charge is 2.11. The van der Waals surface area contributed by atoms with Crippen molar-refractivity contribution in [1.29, 1.82) is 0 Å². The Bertz CT molecular complexity index is 810. The molecule has 2 amide bonds. The van der Waals surface area contributed by atoms with Gasteiger partial charge < -0.3 is 15.4 Å². The van der Waals surface area contributed by atoms with Gasteiger partial charge in [-0.15, -0.1) is 0 Å². The van der Waals surface area contributed by atoms with Crippen molar-refractivity contribution in [2.45, 2.75) is 6.42 Å². The first kappa shape index (κ1) is 19.6. The summed E-state index contributed by atoms with van der Waals surface area (Å²) < 4.78 is 31.6. The lowest BCUT2D eigenvalue weighted by Gasteiger charge is -2.11. The molecule has 0 spiro atoms. The molecule has 2 aromatic carbocycles. The van der Waals surface area contributed by atoms with Crippen LogP contribution in [0.2, 0.25) is 0 Å². The van der Waals surface area contributed by atoms with E-state index in [2.05, 4.69) is 15.4 Å². The maximum atomic E-state index is 12.0. The summed E-state index contributed by atoms with van der Waals surface area (Å²) in [6.07, 6.45) is 0.616. The Labute approximate surface area is 153 Å². The minimum absolute atomic E-state index is 0.0165. The van der Waals surface area contributed by atoms with Gasteiger partial charge in [-0.25, -0.2) is 13.2 Å². The number of carbonyl (C=O) groups is 1. The van der Waals surface area contributed by atoms with Crippen LogP contribution in [0.5, 0.6) is 5.75 Å². The molecule has 0 heterocycles. The fraction of sp³-hybridized carbons (Fsp3) is 0.278. The van der Waals surface area contributed by atoms with E-state index in [-0.39, 0.29) is 12.3 Å². The van der Waals surface area contributed by atoms with Crippen molar-refractivity contribution in [3.63, 3.8) is 0 Å². The third-order valence-electron chi connectivity index (χ3n) is 3.58. The smallest absolute Gasteiger partial charge is 0.314 e. The van der Waals surface area contributed by atoms with E-state index in [4.69, 9.17) is 4.74 Å². The van der Waals surface area contributed by atoms with Crippen molar-refractivity contribution >= 4 is 21.7 Å². The van der Waals surface area contributed by atoms with Crippen LogP contribution in [0.1, 0.15) is 5.56 Å². The Morgan fingerprint density at radius 2 is 1.62 bits per heavy atom.